The number of thiophene rings is 1. The van der Waals surface area contributed by atoms with Gasteiger partial charge in [-0.15, -0.1) is 11.3 Å². The van der Waals surface area contributed by atoms with Crippen molar-refractivity contribution in [2.24, 2.45) is 21.8 Å². The molecule has 2 aliphatic carbocycles. The third kappa shape index (κ3) is 4.94. The summed E-state index contributed by atoms with van der Waals surface area (Å²) < 4.78 is 5.02. The summed E-state index contributed by atoms with van der Waals surface area (Å²) in [6.45, 7) is 6.92. The summed E-state index contributed by atoms with van der Waals surface area (Å²) in [6, 6.07) is 39.6. The smallest absolute Gasteiger partial charge is 0.151 e. The van der Waals surface area contributed by atoms with E-state index in [1.54, 1.807) is 0 Å². The topological polar surface area (TPSA) is 34.6 Å². The molecule has 0 spiro atoms. The van der Waals surface area contributed by atoms with Crippen LogP contribution < -0.4 is 0 Å². The van der Waals surface area contributed by atoms with Gasteiger partial charge < -0.3 is 9.13 Å². The normalized spacial score (nSPS) is 21.6. The number of amidine groups is 1. The molecule has 10 rings (SSSR count). The molecule has 4 heterocycles. The molecule has 1 aliphatic heterocycles. The Morgan fingerprint density at radius 1 is 0.750 bits per heavy atom. The Kier molecular flexibility index (Phi) is 7.23. The Morgan fingerprint density at radius 2 is 1.52 bits per heavy atom. The number of rotatable bonds is 5. The van der Waals surface area contributed by atoms with Gasteiger partial charge in [0, 0.05) is 51.1 Å². The maximum atomic E-state index is 5.41. The number of nitrogens with zero attached hydrogens (tertiary/aromatic N) is 4. The summed E-state index contributed by atoms with van der Waals surface area (Å²) in [5.41, 5.74) is 12.1. The highest BCUT2D eigenvalue weighted by atomic mass is 32.1. The minimum atomic E-state index is -0.395. The fourth-order valence-corrected chi connectivity index (χ4v) is 9.71. The molecule has 7 aromatic rings. The van der Waals surface area contributed by atoms with Crippen LogP contribution in [0.15, 0.2) is 148 Å². The quantitative estimate of drug-likeness (QED) is 0.172. The highest BCUT2D eigenvalue weighted by Gasteiger charge is 2.34. The van der Waals surface area contributed by atoms with Crippen LogP contribution in [-0.2, 0) is 12.0 Å². The van der Waals surface area contributed by atoms with E-state index in [0.29, 0.717) is 5.92 Å². The van der Waals surface area contributed by atoms with E-state index in [1.165, 1.54) is 65.8 Å². The monoisotopic (exact) mass is 692 g/mol. The Labute approximate surface area is 308 Å². The van der Waals surface area contributed by atoms with Crippen molar-refractivity contribution in [3.8, 4) is 5.69 Å². The van der Waals surface area contributed by atoms with Gasteiger partial charge in [-0.05, 0) is 84.2 Å². The lowest BCUT2D eigenvalue weighted by Crippen LogP contribution is -2.31. The first-order chi connectivity index (χ1) is 25.4. The molecular formula is C47H40N4S. The molecule has 4 nitrogen and oxygen atoms in total. The highest BCUT2D eigenvalue weighted by Crippen LogP contribution is 2.43. The van der Waals surface area contributed by atoms with Crippen molar-refractivity contribution < 1.29 is 0 Å². The van der Waals surface area contributed by atoms with Crippen LogP contribution in [0.3, 0.4) is 0 Å². The maximum absolute atomic E-state index is 5.41. The first-order valence-corrected chi connectivity index (χ1v) is 19.4. The van der Waals surface area contributed by atoms with E-state index in [0.717, 1.165) is 36.4 Å². The van der Waals surface area contributed by atoms with Crippen molar-refractivity contribution in [3.05, 3.63) is 161 Å². The first kappa shape index (κ1) is 31.2. The molecular weight excluding hydrogens is 653 g/mol. The Balaban J connectivity index is 1.09. The van der Waals surface area contributed by atoms with Gasteiger partial charge in [0.1, 0.15) is 4.83 Å². The fraction of sp³-hybridized carbons (Fsp3) is 0.191. The molecule has 5 heteroatoms. The van der Waals surface area contributed by atoms with Gasteiger partial charge in [-0.3, -0.25) is 4.99 Å². The molecule has 0 amide bonds. The van der Waals surface area contributed by atoms with Crippen LogP contribution in [0.2, 0.25) is 0 Å². The second-order valence-electron chi connectivity index (χ2n) is 15.0. The predicted octanol–water partition coefficient (Wildman–Crippen LogP) is 12.0. The number of para-hydroxylation sites is 1. The lowest BCUT2D eigenvalue weighted by molar-refractivity contribution is 0.513. The average Bonchev–Trinajstić information content (AvgIpc) is 3.87. The van der Waals surface area contributed by atoms with Crippen LogP contribution in [0.1, 0.15) is 56.0 Å². The summed E-state index contributed by atoms with van der Waals surface area (Å²) in [4.78, 5) is 12.0. The molecule has 0 radical (unpaired) electrons. The van der Waals surface area contributed by atoms with Crippen molar-refractivity contribution in [1.29, 1.82) is 0 Å². The molecule has 3 unspecified atom stereocenters. The van der Waals surface area contributed by atoms with Crippen LogP contribution in [-0.4, -0.2) is 20.7 Å². The van der Waals surface area contributed by atoms with Gasteiger partial charge in [-0.25, -0.2) is 4.99 Å². The molecule has 52 heavy (non-hydrogen) atoms. The molecule has 0 saturated heterocycles. The van der Waals surface area contributed by atoms with Gasteiger partial charge >= 0.3 is 0 Å². The number of aliphatic imine (C=N–C) groups is 2. The van der Waals surface area contributed by atoms with E-state index in [1.807, 2.05) is 11.3 Å². The predicted molar refractivity (Wildman–Crippen MR) is 221 cm³/mol. The second kappa shape index (κ2) is 12.0. The van der Waals surface area contributed by atoms with Crippen molar-refractivity contribution in [2.75, 3.05) is 0 Å². The van der Waals surface area contributed by atoms with Gasteiger partial charge in [0.15, 0.2) is 5.84 Å². The zero-order valence-electron chi connectivity index (χ0n) is 29.8. The highest BCUT2D eigenvalue weighted by molar-refractivity contribution is 7.17. The Hall–Kier alpha value is -5.52. The van der Waals surface area contributed by atoms with E-state index < -0.39 is 5.54 Å². The van der Waals surface area contributed by atoms with Crippen LogP contribution in [0.4, 0.5) is 0 Å². The molecule has 0 bridgehead atoms. The summed E-state index contributed by atoms with van der Waals surface area (Å²) >= 11 is 1.83. The van der Waals surface area contributed by atoms with E-state index in [9.17, 15) is 0 Å². The van der Waals surface area contributed by atoms with Crippen molar-refractivity contribution in [2.45, 2.75) is 45.6 Å². The minimum Gasteiger partial charge on any atom is -0.313 e. The number of aromatic nitrogens is 2. The standard InChI is InChI=1S/C47H40N4S/c1-30-18-21-37-36-16-10-11-17-42(36)50(44(37)26-30)35-20-23-43-39(28-35)38-24-25-52-46(38)51(43)41-22-19-33(27-31(41)2)45-48-40(32-12-6-4-7-13-32)29-47(3,49-45)34-14-8-5-9-15-34/h4-25,28,30-31H,26-27,29H2,1-3H3. The van der Waals surface area contributed by atoms with E-state index in [-0.39, 0.29) is 5.92 Å². The van der Waals surface area contributed by atoms with E-state index >= 15 is 0 Å². The maximum Gasteiger partial charge on any atom is 0.151 e. The summed E-state index contributed by atoms with van der Waals surface area (Å²) in [6.07, 6.45) is 12.0. The SMILES string of the molecule is CC1C=Cc2c(n(-c3ccc4c(c3)c3ccsc3n4C3=CC=C(C4=NC(C)(c5ccccc5)CC(c5ccccc5)=N4)CC3C)c3ccccc23)C1. The van der Waals surface area contributed by atoms with Gasteiger partial charge in [-0.1, -0.05) is 111 Å². The molecule has 4 aromatic carbocycles. The molecule has 0 N–H and O–H groups in total. The Morgan fingerprint density at radius 3 is 2.35 bits per heavy atom. The van der Waals surface area contributed by atoms with Gasteiger partial charge in [0.05, 0.1) is 22.3 Å². The van der Waals surface area contributed by atoms with Gasteiger partial charge in [-0.2, -0.15) is 0 Å². The number of allylic oxidation sites excluding steroid dienone is 4. The summed E-state index contributed by atoms with van der Waals surface area (Å²) in [5, 5.41) is 6.18. The molecule has 3 atom stereocenters. The van der Waals surface area contributed by atoms with Crippen LogP contribution in [0, 0.1) is 11.8 Å². The zero-order valence-corrected chi connectivity index (χ0v) is 30.6. The number of hydrogen-bond acceptors (Lipinski definition) is 3. The number of benzene rings is 4. The molecule has 0 saturated carbocycles. The molecule has 254 valence electrons. The lowest BCUT2D eigenvalue weighted by atomic mass is 9.83. The molecule has 0 fully saturated rings. The van der Waals surface area contributed by atoms with Crippen molar-refractivity contribution in [3.63, 3.8) is 0 Å². The third-order valence-electron chi connectivity index (χ3n) is 11.4. The summed E-state index contributed by atoms with van der Waals surface area (Å²) in [7, 11) is 0. The van der Waals surface area contributed by atoms with Crippen molar-refractivity contribution in [1.82, 2.24) is 9.13 Å². The van der Waals surface area contributed by atoms with E-state index in [2.05, 4.69) is 169 Å². The number of hydrogen-bond donors (Lipinski definition) is 0. The van der Waals surface area contributed by atoms with Crippen LogP contribution in [0.5, 0.6) is 0 Å². The van der Waals surface area contributed by atoms with Crippen LogP contribution in [0.25, 0.3) is 49.5 Å². The molecule has 3 aliphatic rings. The Bertz CT molecular complexity index is 2700. The first-order valence-electron chi connectivity index (χ1n) is 18.5. The zero-order chi connectivity index (χ0) is 35.0. The molecule has 3 aromatic heterocycles. The van der Waals surface area contributed by atoms with Crippen molar-refractivity contribution >= 4 is 66.7 Å². The lowest BCUT2D eigenvalue weighted by Gasteiger charge is -2.32. The fourth-order valence-electron chi connectivity index (χ4n) is 8.76. The summed E-state index contributed by atoms with van der Waals surface area (Å²) in [5.74, 6) is 1.65. The van der Waals surface area contributed by atoms with Gasteiger partial charge in [0.2, 0.25) is 0 Å². The third-order valence-corrected chi connectivity index (χ3v) is 12.3. The second-order valence-corrected chi connectivity index (χ2v) is 15.9. The number of fused-ring (bicyclic) bond motifs is 6. The van der Waals surface area contributed by atoms with E-state index in [4.69, 9.17) is 9.98 Å². The van der Waals surface area contributed by atoms with Gasteiger partial charge in [0.25, 0.3) is 0 Å². The average molecular weight is 693 g/mol. The van der Waals surface area contributed by atoms with Crippen LogP contribution >= 0.6 is 11.3 Å². The largest absolute Gasteiger partial charge is 0.313 e. The minimum absolute atomic E-state index is 0.275.